The minimum Gasteiger partial charge on any atom is -0.333 e. The molecule has 0 bridgehead atoms. The fourth-order valence-electron chi connectivity index (χ4n) is 4.32. The van der Waals surface area contributed by atoms with Gasteiger partial charge >= 0.3 is 0 Å². The number of pyridine rings is 1. The van der Waals surface area contributed by atoms with Gasteiger partial charge in [-0.05, 0) is 56.5 Å². The molecule has 1 aromatic carbocycles. The van der Waals surface area contributed by atoms with Gasteiger partial charge < -0.3 is 9.47 Å². The maximum atomic E-state index is 13.2. The van der Waals surface area contributed by atoms with Crippen molar-refractivity contribution in [2.45, 2.75) is 64.6 Å². The summed E-state index contributed by atoms with van der Waals surface area (Å²) in [5.74, 6) is 1.04. The minimum atomic E-state index is 0.158. The van der Waals surface area contributed by atoms with Gasteiger partial charge in [0.25, 0.3) is 5.91 Å². The third-order valence-electron chi connectivity index (χ3n) is 5.71. The summed E-state index contributed by atoms with van der Waals surface area (Å²) in [6.45, 7) is 4.96. The summed E-state index contributed by atoms with van der Waals surface area (Å²) in [6.07, 6.45) is 9.62. The number of hydrogen-bond acceptors (Lipinski definition) is 3. The molecule has 1 aromatic rings. The van der Waals surface area contributed by atoms with E-state index < -0.39 is 0 Å². The lowest BCUT2D eigenvalue weighted by Gasteiger charge is -2.37. The molecule has 0 aromatic heterocycles. The summed E-state index contributed by atoms with van der Waals surface area (Å²) in [6, 6.07) is 12.6. The molecule has 0 radical (unpaired) electrons. The fraction of sp³-hybridized carbons (Fsp3) is 0.435. The number of imidazole rings is 1. The Morgan fingerprint density at radius 2 is 1.86 bits per heavy atom. The first kappa shape index (κ1) is 18.7. The summed E-state index contributed by atoms with van der Waals surface area (Å²) in [5, 5.41) is 0. The highest BCUT2D eigenvalue weighted by Crippen LogP contribution is 2.26. The molecule has 1 saturated carbocycles. The lowest BCUT2D eigenvalue weighted by molar-refractivity contribution is 0.0555. The molecule has 2 aliphatic heterocycles. The Kier molecular flexibility index (Phi) is 5.42. The SMILES string of the molecule is CC(C)N(C(=O)c1ccc(Cn2cccc3ncnc2-3)cc1)C1CCCCC1. The molecular weight excluding hydrogens is 348 g/mol. The van der Waals surface area contributed by atoms with Crippen LogP contribution in [0.1, 0.15) is 61.9 Å². The summed E-state index contributed by atoms with van der Waals surface area (Å²) < 4.78 is 2.08. The molecule has 1 aliphatic carbocycles. The maximum absolute atomic E-state index is 13.2. The Morgan fingerprint density at radius 3 is 2.57 bits per heavy atom. The normalized spacial score (nSPS) is 15.2. The van der Waals surface area contributed by atoms with Gasteiger partial charge in [0.05, 0.1) is 0 Å². The zero-order valence-electron chi connectivity index (χ0n) is 16.7. The van der Waals surface area contributed by atoms with Crippen LogP contribution in [-0.2, 0) is 6.54 Å². The topological polar surface area (TPSA) is 51.0 Å². The van der Waals surface area contributed by atoms with E-state index in [9.17, 15) is 4.79 Å². The third-order valence-corrected chi connectivity index (χ3v) is 5.71. The standard InChI is InChI=1S/C23H28N4O/c1-17(2)27(20-7-4-3-5-8-20)23(28)19-12-10-18(11-13-19)15-26-14-6-9-21-22(26)25-16-24-21/h6,9-14,16-17,20H,3-5,7-8,15H2,1-2H3. The molecule has 0 atom stereocenters. The number of benzene rings is 1. The molecule has 0 spiro atoms. The van der Waals surface area contributed by atoms with Crippen LogP contribution in [0.2, 0.25) is 0 Å². The van der Waals surface area contributed by atoms with E-state index in [1.165, 1.54) is 19.3 Å². The van der Waals surface area contributed by atoms with Crippen molar-refractivity contribution >= 4 is 5.91 Å². The summed E-state index contributed by atoms with van der Waals surface area (Å²) in [5.41, 5.74) is 2.82. The van der Waals surface area contributed by atoms with Crippen LogP contribution in [0.15, 0.2) is 48.9 Å². The van der Waals surface area contributed by atoms with Crippen LogP contribution in [0.4, 0.5) is 0 Å². The third kappa shape index (κ3) is 3.79. The second-order valence-corrected chi connectivity index (χ2v) is 8.01. The summed E-state index contributed by atoms with van der Waals surface area (Å²) >= 11 is 0. The van der Waals surface area contributed by atoms with Crippen molar-refractivity contribution in [3.8, 4) is 11.5 Å². The molecule has 0 unspecified atom stereocenters. The second kappa shape index (κ2) is 8.13. The number of fused-ring (bicyclic) bond motifs is 1. The molecule has 1 amide bonds. The first-order valence-electron chi connectivity index (χ1n) is 10.3. The van der Waals surface area contributed by atoms with Gasteiger partial charge in [-0.2, -0.15) is 0 Å². The van der Waals surface area contributed by atoms with E-state index >= 15 is 0 Å². The van der Waals surface area contributed by atoms with Crippen LogP contribution in [0.25, 0.3) is 11.5 Å². The van der Waals surface area contributed by atoms with E-state index in [2.05, 4.69) is 45.4 Å². The van der Waals surface area contributed by atoms with Gasteiger partial charge in [0, 0.05) is 30.4 Å². The molecular formula is C23H28N4O. The van der Waals surface area contributed by atoms with Crippen LogP contribution in [0, 0.1) is 0 Å². The molecule has 1 fully saturated rings. The van der Waals surface area contributed by atoms with Gasteiger partial charge in [-0.3, -0.25) is 4.79 Å². The molecule has 146 valence electrons. The number of nitrogens with zero attached hydrogens (tertiary/aromatic N) is 4. The Hall–Kier alpha value is -2.69. The molecule has 4 rings (SSSR count). The Bertz CT molecular complexity index is 893. The van der Waals surface area contributed by atoms with Crippen molar-refractivity contribution in [1.29, 1.82) is 0 Å². The summed E-state index contributed by atoms with van der Waals surface area (Å²) in [7, 11) is 0. The highest BCUT2D eigenvalue weighted by molar-refractivity contribution is 5.94. The monoisotopic (exact) mass is 376 g/mol. The number of carbonyl (C=O) groups excluding carboxylic acids is 1. The van der Waals surface area contributed by atoms with E-state index in [-0.39, 0.29) is 11.9 Å². The Labute approximate surface area is 166 Å². The number of aromatic nitrogens is 3. The average molecular weight is 377 g/mol. The highest BCUT2D eigenvalue weighted by atomic mass is 16.2. The predicted molar refractivity (Wildman–Crippen MR) is 110 cm³/mol. The van der Waals surface area contributed by atoms with E-state index in [0.29, 0.717) is 12.6 Å². The number of hydrogen-bond donors (Lipinski definition) is 0. The molecule has 3 aliphatic rings. The molecule has 0 N–H and O–H groups in total. The highest BCUT2D eigenvalue weighted by Gasteiger charge is 2.28. The Morgan fingerprint density at radius 1 is 1.11 bits per heavy atom. The van der Waals surface area contributed by atoms with Gasteiger partial charge in [-0.1, -0.05) is 31.4 Å². The molecule has 28 heavy (non-hydrogen) atoms. The zero-order chi connectivity index (χ0) is 19.5. The minimum absolute atomic E-state index is 0.158. The lowest BCUT2D eigenvalue weighted by Crippen LogP contribution is -2.45. The Balaban J connectivity index is 1.50. The van der Waals surface area contributed by atoms with E-state index in [1.807, 2.05) is 30.5 Å². The van der Waals surface area contributed by atoms with Crippen molar-refractivity contribution in [2.24, 2.45) is 0 Å². The van der Waals surface area contributed by atoms with Crippen molar-refractivity contribution in [2.75, 3.05) is 0 Å². The van der Waals surface area contributed by atoms with Crippen molar-refractivity contribution in [3.05, 3.63) is 60.0 Å². The molecule has 5 heteroatoms. The van der Waals surface area contributed by atoms with Crippen LogP contribution >= 0.6 is 0 Å². The van der Waals surface area contributed by atoms with Crippen LogP contribution < -0.4 is 0 Å². The second-order valence-electron chi connectivity index (χ2n) is 8.01. The quantitative estimate of drug-likeness (QED) is 0.653. The fourth-order valence-corrected chi connectivity index (χ4v) is 4.32. The smallest absolute Gasteiger partial charge is 0.254 e. The first-order valence-corrected chi connectivity index (χ1v) is 10.3. The van der Waals surface area contributed by atoms with E-state index in [0.717, 1.165) is 35.5 Å². The number of carbonyl (C=O) groups is 1. The molecule has 2 heterocycles. The van der Waals surface area contributed by atoms with Gasteiger partial charge in [-0.25, -0.2) is 9.97 Å². The number of rotatable bonds is 5. The number of amides is 1. The van der Waals surface area contributed by atoms with Gasteiger partial charge in [-0.15, -0.1) is 0 Å². The van der Waals surface area contributed by atoms with Gasteiger partial charge in [0.1, 0.15) is 12.0 Å². The van der Waals surface area contributed by atoms with E-state index in [4.69, 9.17) is 0 Å². The predicted octanol–water partition coefficient (Wildman–Crippen LogP) is 4.61. The molecule has 0 saturated heterocycles. The average Bonchev–Trinajstić information content (AvgIpc) is 3.19. The van der Waals surface area contributed by atoms with Crippen molar-refractivity contribution < 1.29 is 4.79 Å². The first-order chi connectivity index (χ1) is 13.6. The largest absolute Gasteiger partial charge is 0.333 e. The zero-order valence-corrected chi connectivity index (χ0v) is 16.7. The van der Waals surface area contributed by atoms with Crippen LogP contribution in [-0.4, -0.2) is 37.4 Å². The van der Waals surface area contributed by atoms with Crippen molar-refractivity contribution in [1.82, 2.24) is 19.4 Å². The molecule has 5 nitrogen and oxygen atoms in total. The van der Waals surface area contributed by atoms with Crippen LogP contribution in [0.5, 0.6) is 0 Å². The summed E-state index contributed by atoms with van der Waals surface area (Å²) in [4.78, 5) is 23.9. The van der Waals surface area contributed by atoms with Crippen molar-refractivity contribution in [3.63, 3.8) is 0 Å². The van der Waals surface area contributed by atoms with Gasteiger partial charge in [0.15, 0.2) is 5.82 Å². The van der Waals surface area contributed by atoms with Crippen LogP contribution in [0.3, 0.4) is 0 Å². The maximum Gasteiger partial charge on any atom is 0.254 e. The lowest BCUT2D eigenvalue weighted by atomic mass is 9.92. The van der Waals surface area contributed by atoms with E-state index in [1.54, 1.807) is 6.33 Å². The van der Waals surface area contributed by atoms with Gasteiger partial charge in [0.2, 0.25) is 0 Å².